The van der Waals surface area contributed by atoms with E-state index >= 15 is 0 Å². The van der Waals surface area contributed by atoms with Gasteiger partial charge >= 0.3 is 0 Å². The summed E-state index contributed by atoms with van der Waals surface area (Å²) >= 11 is 0. The van der Waals surface area contributed by atoms with E-state index in [1.807, 2.05) is 24.3 Å². The number of hydrazone groups is 1. The maximum atomic E-state index is 13.1. The molecule has 0 radical (unpaired) electrons. The number of likely N-dealkylation sites (N-methyl/N-ethyl adjacent to an activating group) is 1. The summed E-state index contributed by atoms with van der Waals surface area (Å²) in [5, 5.41) is 5.44. The van der Waals surface area contributed by atoms with Crippen LogP contribution in [0.1, 0.15) is 5.56 Å². The molecule has 0 heterocycles. The second kappa shape index (κ2) is 8.28. The van der Waals surface area contributed by atoms with E-state index in [4.69, 9.17) is 0 Å². The summed E-state index contributed by atoms with van der Waals surface area (Å²) in [6, 6.07) is 17.9. The predicted octanol–water partition coefficient (Wildman–Crippen LogP) is 2.75. The van der Waals surface area contributed by atoms with E-state index in [2.05, 4.69) is 10.5 Å². The van der Waals surface area contributed by atoms with Gasteiger partial charge in [-0.3, -0.25) is 4.79 Å². The van der Waals surface area contributed by atoms with E-state index in [0.717, 1.165) is 15.1 Å². The van der Waals surface area contributed by atoms with Crippen LogP contribution in [0, 0.1) is 5.82 Å². The number of amides is 1. The number of hydrogen-bond donors (Lipinski definition) is 1. The second-order valence-corrected chi connectivity index (χ2v) is 8.16. The van der Waals surface area contributed by atoms with Gasteiger partial charge in [0.15, 0.2) is 0 Å². The lowest BCUT2D eigenvalue weighted by Gasteiger charge is -2.16. The highest BCUT2D eigenvalue weighted by Gasteiger charge is 2.23. The molecule has 8 heteroatoms. The number of nitrogens with one attached hydrogen (secondary N) is 1. The number of fused-ring (bicyclic) bond motifs is 1. The van der Waals surface area contributed by atoms with Crippen molar-refractivity contribution in [1.29, 1.82) is 0 Å². The molecular weight excluding hydrogens is 381 g/mol. The van der Waals surface area contributed by atoms with Gasteiger partial charge in [-0.05, 0) is 40.6 Å². The SMILES string of the molecule is CN(CC(=O)N/N=C/c1cccc(F)c1)S(=O)(=O)c1ccc2ccccc2c1. The number of carbonyl (C=O) groups is 1. The van der Waals surface area contributed by atoms with Crippen LogP contribution >= 0.6 is 0 Å². The summed E-state index contributed by atoms with van der Waals surface area (Å²) in [5.74, 6) is -1.03. The predicted molar refractivity (Wildman–Crippen MR) is 106 cm³/mol. The van der Waals surface area contributed by atoms with Gasteiger partial charge in [0.05, 0.1) is 17.7 Å². The van der Waals surface area contributed by atoms with Gasteiger partial charge in [0.1, 0.15) is 5.82 Å². The average molecular weight is 399 g/mol. The normalized spacial score (nSPS) is 12.0. The van der Waals surface area contributed by atoms with Crippen LogP contribution in [-0.2, 0) is 14.8 Å². The van der Waals surface area contributed by atoms with Crippen LogP contribution < -0.4 is 5.43 Å². The lowest BCUT2D eigenvalue weighted by molar-refractivity contribution is -0.121. The number of benzene rings is 3. The maximum Gasteiger partial charge on any atom is 0.255 e. The molecule has 144 valence electrons. The van der Waals surface area contributed by atoms with Gasteiger partial charge in [0.25, 0.3) is 5.91 Å². The molecule has 0 saturated carbocycles. The van der Waals surface area contributed by atoms with E-state index in [9.17, 15) is 17.6 Å². The first-order valence-corrected chi connectivity index (χ1v) is 9.83. The third-order valence-electron chi connectivity index (χ3n) is 4.05. The molecule has 3 aromatic carbocycles. The number of nitrogens with zero attached hydrogens (tertiary/aromatic N) is 2. The van der Waals surface area contributed by atoms with Crippen LogP contribution in [0.15, 0.2) is 76.7 Å². The Balaban J connectivity index is 1.66. The first-order valence-electron chi connectivity index (χ1n) is 8.39. The van der Waals surface area contributed by atoms with Gasteiger partial charge in [-0.25, -0.2) is 18.2 Å². The molecular formula is C20H18FN3O3S. The molecule has 0 aliphatic carbocycles. The molecule has 0 bridgehead atoms. The zero-order valence-electron chi connectivity index (χ0n) is 15.0. The zero-order chi connectivity index (χ0) is 20.1. The van der Waals surface area contributed by atoms with Gasteiger partial charge in [-0.15, -0.1) is 0 Å². The Labute approximate surface area is 162 Å². The molecule has 1 amide bonds. The molecule has 6 nitrogen and oxygen atoms in total. The van der Waals surface area contributed by atoms with Crippen molar-refractivity contribution in [2.75, 3.05) is 13.6 Å². The van der Waals surface area contributed by atoms with E-state index < -0.39 is 28.3 Å². The molecule has 0 atom stereocenters. The van der Waals surface area contributed by atoms with Crippen molar-refractivity contribution in [3.63, 3.8) is 0 Å². The molecule has 0 spiro atoms. The molecule has 3 rings (SSSR count). The van der Waals surface area contributed by atoms with Crippen LogP contribution in [0.3, 0.4) is 0 Å². The molecule has 0 aliphatic heterocycles. The fourth-order valence-corrected chi connectivity index (χ4v) is 3.76. The van der Waals surface area contributed by atoms with E-state index in [1.54, 1.807) is 18.2 Å². The largest absolute Gasteiger partial charge is 0.272 e. The highest BCUT2D eigenvalue weighted by molar-refractivity contribution is 7.89. The lowest BCUT2D eigenvalue weighted by Crippen LogP contribution is -2.36. The van der Waals surface area contributed by atoms with Gasteiger partial charge in [0.2, 0.25) is 10.0 Å². The molecule has 3 aromatic rings. The minimum Gasteiger partial charge on any atom is -0.272 e. The number of hydrogen-bond acceptors (Lipinski definition) is 4. The molecule has 0 saturated heterocycles. The maximum absolute atomic E-state index is 13.1. The smallest absolute Gasteiger partial charge is 0.255 e. The van der Waals surface area contributed by atoms with Gasteiger partial charge < -0.3 is 0 Å². The van der Waals surface area contributed by atoms with Crippen LogP contribution in [-0.4, -0.2) is 38.4 Å². The van der Waals surface area contributed by atoms with E-state index in [-0.39, 0.29) is 4.90 Å². The van der Waals surface area contributed by atoms with Crippen LogP contribution in [0.5, 0.6) is 0 Å². The second-order valence-electron chi connectivity index (χ2n) is 6.12. The summed E-state index contributed by atoms with van der Waals surface area (Å²) in [6.45, 7) is -0.407. The average Bonchev–Trinajstić information content (AvgIpc) is 2.67. The molecule has 0 fully saturated rings. The number of rotatable bonds is 6. The minimum atomic E-state index is -3.84. The van der Waals surface area contributed by atoms with Crippen molar-refractivity contribution < 1.29 is 17.6 Å². The highest BCUT2D eigenvalue weighted by Crippen LogP contribution is 2.21. The topological polar surface area (TPSA) is 78.8 Å². The molecule has 0 aromatic heterocycles. The van der Waals surface area contributed by atoms with Crippen molar-refractivity contribution >= 4 is 32.9 Å². The summed E-state index contributed by atoms with van der Waals surface area (Å²) in [5.41, 5.74) is 2.71. The molecule has 28 heavy (non-hydrogen) atoms. The molecule has 0 unspecified atom stereocenters. The van der Waals surface area contributed by atoms with E-state index in [0.29, 0.717) is 5.56 Å². The highest BCUT2D eigenvalue weighted by atomic mass is 32.2. The van der Waals surface area contributed by atoms with Crippen LogP contribution in [0.25, 0.3) is 10.8 Å². The van der Waals surface area contributed by atoms with Crippen molar-refractivity contribution in [3.8, 4) is 0 Å². The van der Waals surface area contributed by atoms with E-state index in [1.165, 1.54) is 37.5 Å². The summed E-state index contributed by atoms with van der Waals surface area (Å²) < 4.78 is 39.5. The standard InChI is InChI=1S/C20H18FN3O3S/c1-24(14-20(25)23-22-13-15-5-4-8-18(21)11-15)28(26,27)19-10-9-16-6-2-3-7-17(16)12-19/h2-13H,14H2,1H3,(H,23,25)/b22-13+. The Kier molecular flexibility index (Phi) is 5.81. The summed E-state index contributed by atoms with van der Waals surface area (Å²) in [7, 11) is -2.52. The van der Waals surface area contributed by atoms with Crippen molar-refractivity contribution in [2.24, 2.45) is 5.10 Å². The Bertz CT molecular complexity index is 1150. The van der Waals surface area contributed by atoms with Gasteiger partial charge in [0, 0.05) is 7.05 Å². The minimum absolute atomic E-state index is 0.102. The van der Waals surface area contributed by atoms with Crippen LogP contribution in [0.4, 0.5) is 4.39 Å². The third-order valence-corrected chi connectivity index (χ3v) is 5.85. The van der Waals surface area contributed by atoms with Crippen LogP contribution in [0.2, 0.25) is 0 Å². The first-order chi connectivity index (χ1) is 13.4. The Morgan fingerprint density at radius 3 is 2.57 bits per heavy atom. The number of halogens is 1. The molecule has 0 aliphatic rings. The quantitative estimate of drug-likeness (QED) is 0.511. The Hall–Kier alpha value is -3.10. The summed E-state index contributed by atoms with van der Waals surface area (Å²) in [4.78, 5) is 12.1. The third kappa shape index (κ3) is 4.59. The fraction of sp³-hybridized carbons (Fsp3) is 0.100. The van der Waals surface area contributed by atoms with Crippen molar-refractivity contribution in [1.82, 2.24) is 9.73 Å². The fourth-order valence-electron chi connectivity index (χ4n) is 2.60. The molecule has 1 N–H and O–H groups in total. The Morgan fingerprint density at radius 1 is 1.07 bits per heavy atom. The number of carbonyl (C=O) groups excluding carboxylic acids is 1. The summed E-state index contributed by atoms with van der Waals surface area (Å²) in [6.07, 6.45) is 1.28. The first kappa shape index (κ1) is 19.7. The monoisotopic (exact) mass is 399 g/mol. The van der Waals surface area contributed by atoms with Crippen molar-refractivity contribution in [2.45, 2.75) is 4.90 Å². The Morgan fingerprint density at radius 2 is 1.82 bits per heavy atom. The zero-order valence-corrected chi connectivity index (χ0v) is 15.9. The number of sulfonamides is 1. The van der Waals surface area contributed by atoms with Gasteiger partial charge in [-0.1, -0.05) is 42.5 Å². The van der Waals surface area contributed by atoms with Crippen molar-refractivity contribution in [3.05, 3.63) is 78.1 Å². The van der Waals surface area contributed by atoms with Gasteiger partial charge in [-0.2, -0.15) is 9.41 Å². The lowest BCUT2D eigenvalue weighted by atomic mass is 10.1.